The Kier molecular flexibility index (Phi) is 3.65. The molecule has 0 nitrogen and oxygen atoms in total. The molecule has 122 valence electrons. The molecule has 0 N–H and O–H groups in total. The SMILES string of the molecule is FC(F)(F)c1cc(Cc2cccc3c2CC3)cc(C(F)(F)F)c1. The second-order valence-corrected chi connectivity index (χ2v) is 5.65. The van der Waals surface area contributed by atoms with Crippen LogP contribution < -0.4 is 0 Å². The largest absolute Gasteiger partial charge is 0.416 e. The molecular formula is C17H12F6. The van der Waals surface area contributed by atoms with E-state index in [1.807, 2.05) is 6.07 Å². The van der Waals surface area contributed by atoms with Gasteiger partial charge in [-0.05, 0) is 59.7 Å². The molecule has 6 heteroatoms. The van der Waals surface area contributed by atoms with Gasteiger partial charge in [-0.25, -0.2) is 0 Å². The smallest absolute Gasteiger partial charge is 0.166 e. The van der Waals surface area contributed by atoms with Crippen molar-refractivity contribution in [3.63, 3.8) is 0 Å². The Morgan fingerprint density at radius 3 is 1.87 bits per heavy atom. The number of rotatable bonds is 2. The molecule has 0 spiro atoms. The van der Waals surface area contributed by atoms with Crippen LogP contribution in [0.15, 0.2) is 36.4 Å². The lowest BCUT2D eigenvalue weighted by Crippen LogP contribution is -2.14. The predicted octanol–water partition coefficient (Wildman–Crippen LogP) is 5.41. The number of hydrogen-bond donors (Lipinski definition) is 0. The Hall–Kier alpha value is -1.98. The second kappa shape index (κ2) is 5.28. The summed E-state index contributed by atoms with van der Waals surface area (Å²) in [7, 11) is 0. The molecule has 1 aliphatic carbocycles. The topological polar surface area (TPSA) is 0 Å². The van der Waals surface area contributed by atoms with Crippen molar-refractivity contribution in [1.29, 1.82) is 0 Å². The van der Waals surface area contributed by atoms with Crippen molar-refractivity contribution in [2.75, 3.05) is 0 Å². The molecule has 2 aromatic carbocycles. The number of hydrogen-bond acceptors (Lipinski definition) is 0. The fraction of sp³-hybridized carbons (Fsp3) is 0.294. The van der Waals surface area contributed by atoms with Crippen molar-refractivity contribution in [1.82, 2.24) is 0 Å². The molecule has 0 aromatic heterocycles. The zero-order valence-corrected chi connectivity index (χ0v) is 11.9. The minimum atomic E-state index is -4.81. The third-order valence-electron chi connectivity index (χ3n) is 4.06. The highest BCUT2D eigenvalue weighted by Gasteiger charge is 2.36. The van der Waals surface area contributed by atoms with E-state index in [4.69, 9.17) is 0 Å². The van der Waals surface area contributed by atoms with Crippen molar-refractivity contribution in [2.24, 2.45) is 0 Å². The summed E-state index contributed by atoms with van der Waals surface area (Å²) >= 11 is 0. The summed E-state index contributed by atoms with van der Waals surface area (Å²) in [6.45, 7) is 0. The fourth-order valence-electron chi connectivity index (χ4n) is 2.83. The first-order valence-electron chi connectivity index (χ1n) is 7.02. The first-order chi connectivity index (χ1) is 10.6. The highest BCUT2D eigenvalue weighted by Crippen LogP contribution is 2.37. The monoisotopic (exact) mass is 330 g/mol. The van der Waals surface area contributed by atoms with Crippen LogP contribution in [-0.2, 0) is 31.6 Å². The average Bonchev–Trinajstić information content (AvgIpc) is 2.38. The molecule has 0 fully saturated rings. The first kappa shape index (κ1) is 15.9. The van der Waals surface area contributed by atoms with Crippen LogP contribution in [0, 0.1) is 0 Å². The average molecular weight is 330 g/mol. The van der Waals surface area contributed by atoms with Crippen molar-refractivity contribution in [3.8, 4) is 0 Å². The van der Waals surface area contributed by atoms with Gasteiger partial charge in [-0.1, -0.05) is 18.2 Å². The van der Waals surface area contributed by atoms with Gasteiger partial charge in [0.1, 0.15) is 0 Å². The van der Waals surface area contributed by atoms with Gasteiger partial charge in [-0.15, -0.1) is 0 Å². The highest BCUT2D eigenvalue weighted by molar-refractivity contribution is 5.45. The summed E-state index contributed by atoms with van der Waals surface area (Å²) in [5.41, 5.74) is 0.437. The van der Waals surface area contributed by atoms with Crippen LogP contribution in [0.3, 0.4) is 0 Å². The second-order valence-electron chi connectivity index (χ2n) is 5.65. The van der Waals surface area contributed by atoms with Gasteiger partial charge in [0, 0.05) is 0 Å². The summed E-state index contributed by atoms with van der Waals surface area (Å²) in [5, 5.41) is 0. The minimum Gasteiger partial charge on any atom is -0.166 e. The molecule has 0 radical (unpaired) electrons. The fourth-order valence-corrected chi connectivity index (χ4v) is 2.83. The predicted molar refractivity (Wildman–Crippen MR) is 73.1 cm³/mol. The molecule has 0 atom stereocenters. The summed E-state index contributed by atoms with van der Waals surface area (Å²) in [4.78, 5) is 0. The number of aryl methyl sites for hydroxylation is 1. The third kappa shape index (κ3) is 3.21. The van der Waals surface area contributed by atoms with Crippen molar-refractivity contribution >= 4 is 0 Å². The van der Waals surface area contributed by atoms with Crippen LogP contribution in [0.1, 0.15) is 33.4 Å². The van der Waals surface area contributed by atoms with Gasteiger partial charge in [0.15, 0.2) is 0 Å². The van der Waals surface area contributed by atoms with E-state index in [1.165, 1.54) is 0 Å². The molecule has 2 aromatic rings. The molecule has 0 saturated heterocycles. The van der Waals surface area contributed by atoms with E-state index < -0.39 is 23.5 Å². The van der Waals surface area contributed by atoms with Crippen LogP contribution >= 0.6 is 0 Å². The quantitative estimate of drug-likeness (QED) is 0.646. The van der Waals surface area contributed by atoms with Gasteiger partial charge in [-0.3, -0.25) is 0 Å². The first-order valence-corrected chi connectivity index (χ1v) is 7.02. The normalized spacial score (nSPS) is 14.3. The van der Waals surface area contributed by atoms with Gasteiger partial charge in [-0.2, -0.15) is 26.3 Å². The Bertz CT molecular complexity index is 707. The molecule has 0 saturated carbocycles. The standard InChI is InChI=1S/C17H12F6/c18-16(19,20)13-7-10(8-14(9-13)17(21,22)23)6-12-3-1-2-11-4-5-15(11)12/h1-3,7-9H,4-6H2. The zero-order chi connectivity index (χ0) is 16.8. The lowest BCUT2D eigenvalue weighted by Gasteiger charge is -2.23. The molecule has 1 aliphatic rings. The Balaban J connectivity index is 2.03. The maximum Gasteiger partial charge on any atom is 0.416 e. The highest BCUT2D eigenvalue weighted by atomic mass is 19.4. The van der Waals surface area contributed by atoms with E-state index in [0.29, 0.717) is 0 Å². The molecule has 3 rings (SSSR count). The molecule has 0 unspecified atom stereocenters. The van der Waals surface area contributed by atoms with E-state index in [9.17, 15) is 26.3 Å². The minimum absolute atomic E-state index is 0.0208. The van der Waals surface area contributed by atoms with Crippen LogP contribution in [-0.4, -0.2) is 0 Å². The van der Waals surface area contributed by atoms with E-state index in [1.54, 1.807) is 12.1 Å². The Morgan fingerprint density at radius 1 is 0.783 bits per heavy atom. The number of halogens is 6. The lowest BCUT2D eigenvalue weighted by atomic mass is 9.83. The Morgan fingerprint density at radius 2 is 1.39 bits per heavy atom. The molecular weight excluding hydrogens is 318 g/mol. The number of fused-ring (bicyclic) bond motifs is 1. The summed E-state index contributed by atoms with van der Waals surface area (Å²) in [6.07, 6.45) is -7.83. The maximum absolute atomic E-state index is 12.9. The van der Waals surface area contributed by atoms with Crippen LogP contribution in [0.5, 0.6) is 0 Å². The Labute approximate surface area is 128 Å². The van der Waals surface area contributed by atoms with E-state index in [-0.39, 0.29) is 18.1 Å². The summed E-state index contributed by atoms with van der Waals surface area (Å²) in [5.74, 6) is 0. The maximum atomic E-state index is 12.9. The van der Waals surface area contributed by atoms with Gasteiger partial charge < -0.3 is 0 Å². The van der Waals surface area contributed by atoms with Crippen molar-refractivity contribution in [3.05, 3.63) is 69.8 Å². The molecule has 0 heterocycles. The van der Waals surface area contributed by atoms with Gasteiger partial charge >= 0.3 is 12.4 Å². The summed E-state index contributed by atoms with van der Waals surface area (Å²) in [6, 6.07) is 7.22. The van der Waals surface area contributed by atoms with E-state index in [0.717, 1.165) is 41.7 Å². The van der Waals surface area contributed by atoms with Crippen molar-refractivity contribution < 1.29 is 26.3 Å². The van der Waals surface area contributed by atoms with E-state index in [2.05, 4.69) is 0 Å². The molecule has 23 heavy (non-hydrogen) atoms. The van der Waals surface area contributed by atoms with Crippen LogP contribution in [0.25, 0.3) is 0 Å². The molecule has 0 amide bonds. The number of alkyl halides is 6. The third-order valence-corrected chi connectivity index (χ3v) is 4.06. The zero-order valence-electron chi connectivity index (χ0n) is 11.9. The lowest BCUT2D eigenvalue weighted by molar-refractivity contribution is -0.143. The van der Waals surface area contributed by atoms with Gasteiger partial charge in [0.05, 0.1) is 11.1 Å². The van der Waals surface area contributed by atoms with Gasteiger partial charge in [0.2, 0.25) is 0 Å². The number of benzene rings is 2. The molecule has 0 aliphatic heterocycles. The summed E-state index contributed by atoms with van der Waals surface area (Å²) < 4.78 is 77.2. The van der Waals surface area contributed by atoms with Crippen LogP contribution in [0.4, 0.5) is 26.3 Å². The van der Waals surface area contributed by atoms with Crippen molar-refractivity contribution in [2.45, 2.75) is 31.6 Å². The van der Waals surface area contributed by atoms with Gasteiger partial charge in [0.25, 0.3) is 0 Å². The van der Waals surface area contributed by atoms with Crippen LogP contribution in [0.2, 0.25) is 0 Å². The van der Waals surface area contributed by atoms with E-state index >= 15 is 0 Å². The molecule has 0 bridgehead atoms.